The molecule has 120 valence electrons. The van der Waals surface area contributed by atoms with Gasteiger partial charge in [0.2, 0.25) is 0 Å². The zero-order valence-corrected chi connectivity index (χ0v) is 12.8. The molecule has 1 fully saturated rings. The van der Waals surface area contributed by atoms with Crippen LogP contribution in [0.1, 0.15) is 18.4 Å². The van der Waals surface area contributed by atoms with E-state index in [4.69, 9.17) is 9.84 Å². The average molecular weight is 306 g/mol. The van der Waals surface area contributed by atoms with Crippen LogP contribution >= 0.6 is 0 Å². The summed E-state index contributed by atoms with van der Waals surface area (Å²) in [4.78, 5) is 26.3. The van der Waals surface area contributed by atoms with Gasteiger partial charge >= 0.3 is 12.1 Å². The molecular weight excluding hydrogens is 284 g/mol. The molecule has 22 heavy (non-hydrogen) atoms. The first-order valence-corrected chi connectivity index (χ1v) is 7.44. The molecule has 1 N–H and O–H groups in total. The molecule has 1 atom stereocenters. The van der Waals surface area contributed by atoms with E-state index in [9.17, 15) is 9.59 Å². The van der Waals surface area contributed by atoms with Gasteiger partial charge in [0.15, 0.2) is 0 Å². The average Bonchev–Trinajstić information content (AvgIpc) is 2.53. The lowest BCUT2D eigenvalue weighted by atomic mass is 10.1. The highest BCUT2D eigenvalue weighted by Crippen LogP contribution is 2.16. The van der Waals surface area contributed by atoms with Crippen molar-refractivity contribution in [2.24, 2.45) is 0 Å². The molecule has 0 radical (unpaired) electrons. The molecule has 1 aromatic rings. The maximum Gasteiger partial charge on any atom is 0.410 e. The molecule has 6 nitrogen and oxygen atoms in total. The first-order valence-electron chi connectivity index (χ1n) is 7.44. The monoisotopic (exact) mass is 306 g/mol. The van der Waals surface area contributed by atoms with Crippen LogP contribution < -0.4 is 0 Å². The van der Waals surface area contributed by atoms with Crippen molar-refractivity contribution in [3.63, 3.8) is 0 Å². The Morgan fingerprint density at radius 1 is 1.36 bits per heavy atom. The van der Waals surface area contributed by atoms with Crippen LogP contribution in [0, 0.1) is 0 Å². The zero-order chi connectivity index (χ0) is 15.9. The number of carbonyl (C=O) groups excluding carboxylic acids is 1. The lowest BCUT2D eigenvalue weighted by Gasteiger charge is -2.36. The summed E-state index contributed by atoms with van der Waals surface area (Å²) in [6.45, 7) is 1.41. The molecule has 1 aromatic carbocycles. The van der Waals surface area contributed by atoms with Gasteiger partial charge in [-0.25, -0.2) is 4.79 Å². The van der Waals surface area contributed by atoms with Gasteiger partial charge in [-0.1, -0.05) is 30.3 Å². The van der Waals surface area contributed by atoms with Gasteiger partial charge in [-0.3, -0.25) is 9.69 Å². The van der Waals surface area contributed by atoms with Gasteiger partial charge in [0.25, 0.3) is 0 Å². The Morgan fingerprint density at radius 3 is 2.77 bits per heavy atom. The maximum atomic E-state index is 12.1. The fourth-order valence-corrected chi connectivity index (χ4v) is 2.63. The number of aliphatic carboxylic acids is 1. The standard InChI is InChI=1S/C16H22N2O4/c1-17(11-15(19)20)14-8-5-9-18(10-14)16(21)22-12-13-6-3-2-4-7-13/h2-4,6-7,14H,5,8-12H2,1H3,(H,19,20)/t14-/m1/s1. The third-order valence-corrected chi connectivity index (χ3v) is 3.87. The number of likely N-dealkylation sites (N-methyl/N-ethyl adjacent to an activating group) is 1. The summed E-state index contributed by atoms with van der Waals surface area (Å²) < 4.78 is 5.33. The summed E-state index contributed by atoms with van der Waals surface area (Å²) in [5, 5.41) is 8.85. The fraction of sp³-hybridized carbons (Fsp3) is 0.500. The van der Waals surface area contributed by atoms with E-state index in [2.05, 4.69) is 0 Å². The van der Waals surface area contributed by atoms with Crippen LogP contribution in [-0.4, -0.2) is 59.7 Å². The Labute approximate surface area is 130 Å². The van der Waals surface area contributed by atoms with E-state index in [0.29, 0.717) is 13.1 Å². The van der Waals surface area contributed by atoms with Gasteiger partial charge < -0.3 is 14.7 Å². The molecule has 0 saturated carbocycles. The first kappa shape index (κ1) is 16.3. The van der Waals surface area contributed by atoms with E-state index >= 15 is 0 Å². The third kappa shape index (κ3) is 4.73. The van der Waals surface area contributed by atoms with Crippen molar-refractivity contribution in [3.8, 4) is 0 Å². The topological polar surface area (TPSA) is 70.1 Å². The molecule has 1 saturated heterocycles. The largest absolute Gasteiger partial charge is 0.480 e. The summed E-state index contributed by atoms with van der Waals surface area (Å²) in [7, 11) is 1.78. The molecule has 0 aliphatic carbocycles. The highest BCUT2D eigenvalue weighted by molar-refractivity contribution is 5.69. The van der Waals surface area contributed by atoms with Crippen molar-refractivity contribution in [1.29, 1.82) is 0 Å². The van der Waals surface area contributed by atoms with E-state index in [-0.39, 0.29) is 25.3 Å². The number of piperidine rings is 1. The lowest BCUT2D eigenvalue weighted by Crippen LogP contribution is -2.49. The molecule has 1 amide bonds. The second kappa shape index (κ2) is 7.79. The second-order valence-electron chi connectivity index (χ2n) is 5.59. The molecule has 1 heterocycles. The minimum absolute atomic E-state index is 0.0163. The number of rotatable bonds is 5. The van der Waals surface area contributed by atoms with Crippen molar-refractivity contribution >= 4 is 12.1 Å². The van der Waals surface area contributed by atoms with Crippen LogP contribution in [0.2, 0.25) is 0 Å². The number of carbonyl (C=O) groups is 2. The summed E-state index contributed by atoms with van der Waals surface area (Å²) in [6, 6.07) is 9.61. The van der Waals surface area contributed by atoms with Gasteiger partial charge in [-0.15, -0.1) is 0 Å². The number of amides is 1. The van der Waals surface area contributed by atoms with Crippen LogP contribution in [0.5, 0.6) is 0 Å². The van der Waals surface area contributed by atoms with E-state index < -0.39 is 5.97 Å². The number of likely N-dealkylation sites (tertiary alicyclic amines) is 1. The van der Waals surface area contributed by atoms with E-state index in [1.165, 1.54) is 0 Å². The molecule has 6 heteroatoms. The number of carboxylic acids is 1. The van der Waals surface area contributed by atoms with Crippen molar-refractivity contribution in [3.05, 3.63) is 35.9 Å². The predicted molar refractivity (Wildman–Crippen MR) is 81.5 cm³/mol. The van der Waals surface area contributed by atoms with E-state index in [0.717, 1.165) is 18.4 Å². The number of hydrogen-bond donors (Lipinski definition) is 1. The van der Waals surface area contributed by atoms with Crippen molar-refractivity contribution in [2.75, 3.05) is 26.7 Å². The normalized spacial score (nSPS) is 18.3. The minimum atomic E-state index is -0.855. The molecule has 0 spiro atoms. The number of nitrogens with zero attached hydrogens (tertiary/aromatic N) is 2. The first-order chi connectivity index (χ1) is 10.6. The Morgan fingerprint density at radius 2 is 2.09 bits per heavy atom. The smallest absolute Gasteiger partial charge is 0.410 e. The van der Waals surface area contributed by atoms with Crippen molar-refractivity contribution in [1.82, 2.24) is 9.80 Å². The fourth-order valence-electron chi connectivity index (χ4n) is 2.63. The van der Waals surface area contributed by atoms with Crippen LogP contribution in [0.3, 0.4) is 0 Å². The second-order valence-corrected chi connectivity index (χ2v) is 5.59. The van der Waals surface area contributed by atoms with Gasteiger partial charge in [0, 0.05) is 19.1 Å². The van der Waals surface area contributed by atoms with Crippen molar-refractivity contribution < 1.29 is 19.4 Å². The van der Waals surface area contributed by atoms with Crippen LogP contribution in [-0.2, 0) is 16.1 Å². The summed E-state index contributed by atoms with van der Waals surface area (Å²) in [5.74, 6) is -0.855. The minimum Gasteiger partial charge on any atom is -0.480 e. The van der Waals surface area contributed by atoms with Gasteiger partial charge in [0.1, 0.15) is 6.61 Å². The Bertz CT molecular complexity index is 506. The SMILES string of the molecule is CN(CC(=O)O)[C@@H]1CCCN(C(=O)OCc2ccccc2)C1. The molecule has 1 aliphatic heterocycles. The third-order valence-electron chi connectivity index (χ3n) is 3.87. The van der Waals surface area contributed by atoms with Gasteiger partial charge in [-0.2, -0.15) is 0 Å². The van der Waals surface area contributed by atoms with Gasteiger partial charge in [-0.05, 0) is 25.5 Å². The summed E-state index contributed by atoms with van der Waals surface area (Å²) in [5.41, 5.74) is 0.951. The summed E-state index contributed by atoms with van der Waals surface area (Å²) >= 11 is 0. The Hall–Kier alpha value is -2.08. The molecule has 2 rings (SSSR count). The number of benzene rings is 1. The maximum absolute atomic E-state index is 12.1. The summed E-state index contributed by atoms with van der Waals surface area (Å²) in [6.07, 6.45) is 1.42. The van der Waals surface area contributed by atoms with Crippen LogP contribution in [0.4, 0.5) is 4.79 Å². The van der Waals surface area contributed by atoms with Crippen LogP contribution in [0.25, 0.3) is 0 Å². The molecule has 1 aliphatic rings. The predicted octanol–water partition coefficient (Wildman–Crippen LogP) is 1.80. The highest BCUT2D eigenvalue weighted by Gasteiger charge is 2.27. The van der Waals surface area contributed by atoms with Crippen LogP contribution in [0.15, 0.2) is 30.3 Å². The highest BCUT2D eigenvalue weighted by atomic mass is 16.6. The van der Waals surface area contributed by atoms with E-state index in [1.807, 2.05) is 30.3 Å². The van der Waals surface area contributed by atoms with E-state index in [1.54, 1.807) is 16.8 Å². The lowest BCUT2D eigenvalue weighted by molar-refractivity contribution is -0.138. The van der Waals surface area contributed by atoms with Crippen molar-refractivity contribution in [2.45, 2.75) is 25.5 Å². The molecule has 0 bridgehead atoms. The molecular formula is C16H22N2O4. The van der Waals surface area contributed by atoms with Gasteiger partial charge in [0.05, 0.1) is 6.54 Å². The quantitative estimate of drug-likeness (QED) is 0.898. The number of hydrogen-bond acceptors (Lipinski definition) is 4. The number of carboxylic acid groups (broad SMARTS) is 1. The molecule has 0 unspecified atom stereocenters. The molecule has 0 aromatic heterocycles. The zero-order valence-electron chi connectivity index (χ0n) is 12.8. The Balaban J connectivity index is 1.83. The Kier molecular flexibility index (Phi) is 5.77. The number of ether oxygens (including phenoxy) is 1.